The lowest BCUT2D eigenvalue weighted by Gasteiger charge is -2.24. The van der Waals surface area contributed by atoms with Crippen LogP contribution in [0.4, 0.5) is 5.95 Å². The second kappa shape index (κ2) is 7.70. The Morgan fingerprint density at radius 1 is 1.04 bits per heavy atom. The van der Waals surface area contributed by atoms with Gasteiger partial charge in [0.15, 0.2) is 5.78 Å². The molecule has 0 saturated carbocycles. The SMILES string of the molecule is Cc1ccccc1C1CC(=O)c2cnc(NCCc3ccccc3)nc2C1. The van der Waals surface area contributed by atoms with Gasteiger partial charge < -0.3 is 5.32 Å². The number of aryl methyl sites for hydroxylation is 1. The monoisotopic (exact) mass is 357 g/mol. The molecule has 1 unspecified atom stereocenters. The average molecular weight is 357 g/mol. The summed E-state index contributed by atoms with van der Waals surface area (Å²) >= 11 is 0. The standard InChI is InChI=1S/C23H23N3O/c1-16-7-5-6-10-19(16)18-13-21-20(22(27)14-18)15-25-23(26-21)24-12-11-17-8-3-2-4-9-17/h2-10,15,18H,11-14H2,1H3,(H,24,25,26). The Bertz CT molecular complexity index is 953. The number of anilines is 1. The van der Waals surface area contributed by atoms with Crippen LogP contribution >= 0.6 is 0 Å². The van der Waals surface area contributed by atoms with E-state index in [1.807, 2.05) is 30.3 Å². The number of rotatable bonds is 5. The fourth-order valence-corrected chi connectivity index (χ4v) is 3.76. The number of carbonyl (C=O) groups is 1. The molecule has 0 spiro atoms. The summed E-state index contributed by atoms with van der Waals surface area (Å²) in [7, 11) is 0. The van der Waals surface area contributed by atoms with Crippen molar-refractivity contribution >= 4 is 11.7 Å². The van der Waals surface area contributed by atoms with Crippen molar-refractivity contribution in [2.24, 2.45) is 0 Å². The fraction of sp³-hybridized carbons (Fsp3) is 0.261. The summed E-state index contributed by atoms with van der Waals surface area (Å²) in [5, 5.41) is 3.29. The van der Waals surface area contributed by atoms with Gasteiger partial charge in [0.2, 0.25) is 5.95 Å². The zero-order chi connectivity index (χ0) is 18.6. The fourth-order valence-electron chi connectivity index (χ4n) is 3.76. The third-order valence-corrected chi connectivity index (χ3v) is 5.21. The van der Waals surface area contributed by atoms with Crippen LogP contribution in [0.5, 0.6) is 0 Å². The Hall–Kier alpha value is -3.01. The van der Waals surface area contributed by atoms with E-state index in [-0.39, 0.29) is 11.7 Å². The van der Waals surface area contributed by atoms with Crippen LogP contribution in [0.3, 0.4) is 0 Å². The van der Waals surface area contributed by atoms with Gasteiger partial charge in [-0.1, -0.05) is 54.6 Å². The number of hydrogen-bond donors (Lipinski definition) is 1. The molecule has 0 fully saturated rings. The average Bonchev–Trinajstić information content (AvgIpc) is 2.69. The van der Waals surface area contributed by atoms with E-state index in [0.29, 0.717) is 17.9 Å². The molecule has 4 rings (SSSR count). The van der Waals surface area contributed by atoms with Crippen molar-refractivity contribution in [2.75, 3.05) is 11.9 Å². The maximum Gasteiger partial charge on any atom is 0.222 e. The minimum absolute atomic E-state index is 0.139. The first kappa shape index (κ1) is 17.4. The lowest BCUT2D eigenvalue weighted by molar-refractivity contribution is 0.0962. The molecule has 27 heavy (non-hydrogen) atoms. The molecule has 2 aromatic carbocycles. The van der Waals surface area contributed by atoms with E-state index in [2.05, 4.69) is 46.5 Å². The molecule has 3 aromatic rings. The highest BCUT2D eigenvalue weighted by atomic mass is 16.1. The highest BCUT2D eigenvalue weighted by Crippen LogP contribution is 2.33. The Kier molecular flexibility index (Phi) is 4.97. The van der Waals surface area contributed by atoms with Gasteiger partial charge in [-0.2, -0.15) is 0 Å². The molecular weight excluding hydrogens is 334 g/mol. The summed E-state index contributed by atoms with van der Waals surface area (Å²) in [5.41, 5.74) is 5.28. The lowest BCUT2D eigenvalue weighted by atomic mass is 9.81. The Balaban J connectivity index is 1.48. The van der Waals surface area contributed by atoms with Crippen molar-refractivity contribution < 1.29 is 4.79 Å². The van der Waals surface area contributed by atoms with Crippen molar-refractivity contribution in [3.05, 3.63) is 88.7 Å². The maximum atomic E-state index is 12.6. The normalized spacial score (nSPS) is 16.0. The zero-order valence-electron chi connectivity index (χ0n) is 15.5. The summed E-state index contributed by atoms with van der Waals surface area (Å²) in [5.74, 6) is 0.932. The van der Waals surface area contributed by atoms with Gasteiger partial charge in [0.25, 0.3) is 0 Å². The van der Waals surface area contributed by atoms with Crippen molar-refractivity contribution in [3.63, 3.8) is 0 Å². The summed E-state index contributed by atoms with van der Waals surface area (Å²) in [6.45, 7) is 2.86. The molecule has 0 aliphatic heterocycles. The molecule has 1 aliphatic carbocycles. The van der Waals surface area contributed by atoms with Crippen molar-refractivity contribution in [2.45, 2.75) is 32.1 Å². The minimum Gasteiger partial charge on any atom is -0.354 e. The van der Waals surface area contributed by atoms with Crippen molar-refractivity contribution in [1.29, 1.82) is 0 Å². The third kappa shape index (κ3) is 3.90. The molecule has 4 heteroatoms. The van der Waals surface area contributed by atoms with Crippen LogP contribution in [0.1, 0.15) is 45.1 Å². The Labute approximate surface area is 159 Å². The van der Waals surface area contributed by atoms with E-state index in [4.69, 9.17) is 0 Å². The molecule has 1 aromatic heterocycles. The Morgan fingerprint density at radius 2 is 1.81 bits per heavy atom. The Morgan fingerprint density at radius 3 is 2.63 bits per heavy atom. The van der Waals surface area contributed by atoms with E-state index in [1.54, 1.807) is 6.20 Å². The highest BCUT2D eigenvalue weighted by molar-refractivity contribution is 5.98. The van der Waals surface area contributed by atoms with Gasteiger partial charge in [0.1, 0.15) is 0 Å². The largest absolute Gasteiger partial charge is 0.354 e. The van der Waals surface area contributed by atoms with Gasteiger partial charge in [0, 0.05) is 19.2 Å². The van der Waals surface area contributed by atoms with Crippen LogP contribution in [0.15, 0.2) is 60.8 Å². The summed E-state index contributed by atoms with van der Waals surface area (Å²) in [6.07, 6.45) is 3.90. The number of nitrogens with zero attached hydrogens (tertiary/aromatic N) is 2. The number of carbonyl (C=O) groups excluding carboxylic acids is 1. The predicted octanol–water partition coefficient (Wildman–Crippen LogP) is 4.35. The number of ketones is 1. The number of aromatic nitrogens is 2. The highest BCUT2D eigenvalue weighted by Gasteiger charge is 2.28. The van der Waals surface area contributed by atoms with Gasteiger partial charge in [-0.3, -0.25) is 4.79 Å². The summed E-state index contributed by atoms with van der Waals surface area (Å²) < 4.78 is 0. The van der Waals surface area contributed by atoms with Crippen LogP contribution in [-0.2, 0) is 12.8 Å². The molecule has 0 saturated heterocycles. The molecule has 136 valence electrons. The van der Waals surface area contributed by atoms with Crippen molar-refractivity contribution in [3.8, 4) is 0 Å². The van der Waals surface area contributed by atoms with E-state index < -0.39 is 0 Å². The number of benzene rings is 2. The summed E-state index contributed by atoms with van der Waals surface area (Å²) in [6, 6.07) is 18.6. The molecular formula is C23H23N3O. The molecule has 1 atom stereocenters. The van der Waals surface area contributed by atoms with Crippen LogP contribution in [0.2, 0.25) is 0 Å². The van der Waals surface area contributed by atoms with Crippen molar-refractivity contribution in [1.82, 2.24) is 9.97 Å². The molecule has 0 bridgehead atoms. The first-order valence-corrected chi connectivity index (χ1v) is 9.43. The van der Waals surface area contributed by atoms with E-state index in [0.717, 1.165) is 25.1 Å². The van der Waals surface area contributed by atoms with Gasteiger partial charge in [-0.05, 0) is 42.4 Å². The molecule has 4 nitrogen and oxygen atoms in total. The van der Waals surface area contributed by atoms with Gasteiger partial charge in [-0.15, -0.1) is 0 Å². The smallest absolute Gasteiger partial charge is 0.222 e. The van der Waals surface area contributed by atoms with Gasteiger partial charge >= 0.3 is 0 Å². The number of Topliss-reactive ketones (excluding diaryl/α,β-unsaturated/α-hetero) is 1. The second-order valence-electron chi connectivity index (χ2n) is 7.10. The first-order chi connectivity index (χ1) is 13.2. The molecule has 0 amide bonds. The van der Waals surface area contributed by atoms with Crippen LogP contribution < -0.4 is 5.32 Å². The van der Waals surface area contributed by atoms with Crippen LogP contribution in [0, 0.1) is 6.92 Å². The molecule has 1 heterocycles. The predicted molar refractivity (Wildman–Crippen MR) is 107 cm³/mol. The number of hydrogen-bond acceptors (Lipinski definition) is 4. The molecule has 1 aliphatic rings. The number of fused-ring (bicyclic) bond motifs is 1. The molecule has 1 N–H and O–H groups in total. The number of nitrogens with one attached hydrogen (secondary N) is 1. The maximum absolute atomic E-state index is 12.6. The quantitative estimate of drug-likeness (QED) is 0.737. The first-order valence-electron chi connectivity index (χ1n) is 9.43. The van der Waals surface area contributed by atoms with Crippen LogP contribution in [0.25, 0.3) is 0 Å². The lowest BCUT2D eigenvalue weighted by Crippen LogP contribution is -2.22. The minimum atomic E-state index is 0.139. The zero-order valence-corrected chi connectivity index (χ0v) is 15.5. The third-order valence-electron chi connectivity index (χ3n) is 5.21. The van der Waals surface area contributed by atoms with E-state index >= 15 is 0 Å². The van der Waals surface area contributed by atoms with Gasteiger partial charge in [0.05, 0.1) is 11.3 Å². The van der Waals surface area contributed by atoms with Crippen LogP contribution in [-0.4, -0.2) is 22.3 Å². The molecule has 0 radical (unpaired) electrons. The summed E-state index contributed by atoms with van der Waals surface area (Å²) in [4.78, 5) is 21.6. The van der Waals surface area contributed by atoms with E-state index in [9.17, 15) is 4.79 Å². The van der Waals surface area contributed by atoms with E-state index in [1.165, 1.54) is 16.7 Å². The topological polar surface area (TPSA) is 54.9 Å². The van der Waals surface area contributed by atoms with Gasteiger partial charge in [-0.25, -0.2) is 9.97 Å². The second-order valence-corrected chi connectivity index (χ2v) is 7.10.